The average molecular weight is 404 g/mol. The Morgan fingerprint density at radius 3 is 2.77 bits per heavy atom. The van der Waals surface area contributed by atoms with Crippen molar-refractivity contribution in [2.45, 2.75) is 44.8 Å². The fourth-order valence-electron chi connectivity index (χ4n) is 4.86. The first-order valence-electron chi connectivity index (χ1n) is 10.4. The van der Waals surface area contributed by atoms with Crippen molar-refractivity contribution in [2.24, 2.45) is 5.92 Å². The van der Waals surface area contributed by atoms with Crippen molar-refractivity contribution in [3.05, 3.63) is 65.1 Å². The minimum Gasteiger partial charge on any atom is -0.497 e. The third-order valence-corrected chi connectivity index (χ3v) is 6.32. The van der Waals surface area contributed by atoms with Crippen molar-refractivity contribution in [3.63, 3.8) is 0 Å². The summed E-state index contributed by atoms with van der Waals surface area (Å²) in [5, 5.41) is 0. The van der Waals surface area contributed by atoms with Gasteiger partial charge in [0.15, 0.2) is 11.5 Å². The van der Waals surface area contributed by atoms with Crippen molar-refractivity contribution in [2.75, 3.05) is 12.0 Å². The number of methoxy groups -OCH3 is 1. The summed E-state index contributed by atoms with van der Waals surface area (Å²) < 4.78 is 11.6. The van der Waals surface area contributed by atoms with Gasteiger partial charge in [0.05, 0.1) is 24.6 Å². The highest BCUT2D eigenvalue weighted by atomic mass is 16.5. The number of ketones is 1. The number of Topliss-reactive ketones (excluding diaryl/α,β-unsaturated/α-hetero) is 1. The highest BCUT2D eigenvalue weighted by molar-refractivity contribution is 6.17. The molecule has 3 aliphatic rings. The second-order valence-electron chi connectivity index (χ2n) is 8.20. The molecule has 0 saturated heterocycles. The molecule has 3 unspecified atom stereocenters. The number of carbonyl (C=O) groups is 2. The van der Waals surface area contributed by atoms with E-state index in [1.807, 2.05) is 43.3 Å². The van der Waals surface area contributed by atoms with E-state index in [-0.39, 0.29) is 29.5 Å². The predicted molar refractivity (Wildman–Crippen MR) is 111 cm³/mol. The van der Waals surface area contributed by atoms with Crippen LogP contribution in [-0.2, 0) is 14.3 Å². The molecule has 1 aliphatic carbocycles. The van der Waals surface area contributed by atoms with Crippen molar-refractivity contribution in [1.29, 1.82) is 0 Å². The average Bonchev–Trinajstić information content (AvgIpc) is 3.06. The Morgan fingerprint density at radius 2 is 1.97 bits per heavy atom. The molecule has 1 fully saturated rings. The lowest BCUT2D eigenvalue weighted by atomic mass is 9.77. The number of amides is 1. The van der Waals surface area contributed by atoms with Crippen molar-refractivity contribution in [3.8, 4) is 5.75 Å². The number of hydrogen-bond donors (Lipinski definition) is 0. The van der Waals surface area contributed by atoms with E-state index in [4.69, 9.17) is 9.47 Å². The van der Waals surface area contributed by atoms with Crippen LogP contribution in [0.1, 0.15) is 42.9 Å². The van der Waals surface area contributed by atoms with E-state index in [0.29, 0.717) is 17.1 Å². The van der Waals surface area contributed by atoms with Gasteiger partial charge in [-0.2, -0.15) is 0 Å². The quantitative estimate of drug-likeness (QED) is 0.776. The number of aryl methyl sites for hydroxylation is 1. The molecule has 3 heterocycles. The largest absolute Gasteiger partial charge is 0.497 e. The number of fused-ring (bicyclic) bond motifs is 1. The first-order chi connectivity index (χ1) is 14.6. The lowest BCUT2D eigenvalue weighted by molar-refractivity contribution is -0.131. The zero-order chi connectivity index (χ0) is 20.8. The van der Waals surface area contributed by atoms with Crippen LogP contribution in [0.25, 0.3) is 0 Å². The molecule has 154 valence electrons. The Balaban J connectivity index is 1.67. The summed E-state index contributed by atoms with van der Waals surface area (Å²) in [6, 6.07) is 10.7. The normalized spacial score (nSPS) is 25.7. The van der Waals surface area contributed by atoms with Crippen LogP contribution in [0.5, 0.6) is 5.75 Å². The molecule has 5 rings (SSSR count). The number of carbonyl (C=O) groups excluding carboxylic acids is 2. The smallest absolute Gasteiger partial charge is 0.295 e. The molecule has 0 spiro atoms. The van der Waals surface area contributed by atoms with Crippen LogP contribution in [0, 0.1) is 12.8 Å². The molecule has 0 bridgehead atoms. The molecule has 6 heteroatoms. The zero-order valence-corrected chi connectivity index (χ0v) is 17.1. The molecule has 1 aromatic carbocycles. The lowest BCUT2D eigenvalue weighted by Crippen LogP contribution is -2.39. The van der Waals surface area contributed by atoms with Gasteiger partial charge in [-0.15, -0.1) is 0 Å². The summed E-state index contributed by atoms with van der Waals surface area (Å²) in [6.45, 7) is 1.95. The number of benzene rings is 1. The molecule has 2 aliphatic heterocycles. The first kappa shape index (κ1) is 18.9. The molecule has 1 amide bonds. The van der Waals surface area contributed by atoms with Gasteiger partial charge in [0.1, 0.15) is 17.7 Å². The molecule has 1 saturated carbocycles. The summed E-state index contributed by atoms with van der Waals surface area (Å²) in [5.74, 6) is 0.945. The van der Waals surface area contributed by atoms with Gasteiger partial charge in [0, 0.05) is 6.20 Å². The van der Waals surface area contributed by atoms with Crippen LogP contribution < -0.4 is 9.64 Å². The monoisotopic (exact) mass is 404 g/mol. The van der Waals surface area contributed by atoms with Crippen LogP contribution in [0.3, 0.4) is 0 Å². The Labute approximate surface area is 175 Å². The van der Waals surface area contributed by atoms with Crippen LogP contribution in [0.4, 0.5) is 5.82 Å². The summed E-state index contributed by atoms with van der Waals surface area (Å²) in [7, 11) is 1.60. The van der Waals surface area contributed by atoms with Gasteiger partial charge in [0.25, 0.3) is 5.91 Å². The van der Waals surface area contributed by atoms with Gasteiger partial charge >= 0.3 is 0 Å². The van der Waals surface area contributed by atoms with Crippen LogP contribution in [-0.4, -0.2) is 29.9 Å². The van der Waals surface area contributed by atoms with Crippen LogP contribution >= 0.6 is 0 Å². The number of ether oxygens (including phenoxy) is 2. The maximum atomic E-state index is 13.6. The van der Waals surface area contributed by atoms with Crippen LogP contribution in [0.15, 0.2) is 53.9 Å². The maximum Gasteiger partial charge on any atom is 0.295 e. The highest BCUT2D eigenvalue weighted by Crippen LogP contribution is 2.48. The highest BCUT2D eigenvalue weighted by Gasteiger charge is 2.52. The Kier molecular flexibility index (Phi) is 4.57. The molecule has 2 aromatic rings. The number of nitrogens with zero attached hydrogens (tertiary/aromatic N) is 2. The molecule has 1 aromatic heterocycles. The van der Waals surface area contributed by atoms with Gasteiger partial charge in [0.2, 0.25) is 0 Å². The standard InChI is InChI=1S/C24H24N2O4/c1-14-10-11-25-19(12-14)26-21(15-6-5-7-16(13-15)29-2)20-22(27)17-8-3-4-9-18(17)30-23(20)24(26)28/h5-7,10-13,17-18,21H,3-4,8-9H2,1-2H3. The summed E-state index contributed by atoms with van der Waals surface area (Å²) in [6.07, 6.45) is 5.13. The van der Waals surface area contributed by atoms with Gasteiger partial charge in [-0.3, -0.25) is 14.5 Å². The van der Waals surface area contributed by atoms with E-state index >= 15 is 0 Å². The molecule has 0 N–H and O–H groups in total. The summed E-state index contributed by atoms with van der Waals surface area (Å²) >= 11 is 0. The molecular formula is C24H24N2O4. The van der Waals surface area contributed by atoms with Crippen LogP contribution in [0.2, 0.25) is 0 Å². The second-order valence-corrected chi connectivity index (χ2v) is 8.20. The SMILES string of the molecule is COc1cccc(C2C3=C(OC4CCCCC4C3=O)C(=O)N2c2cc(C)ccn2)c1. The van der Waals surface area contributed by atoms with Gasteiger partial charge in [-0.1, -0.05) is 18.6 Å². The van der Waals surface area contributed by atoms with Gasteiger partial charge in [-0.05, 0) is 61.6 Å². The molecule has 0 radical (unpaired) electrons. The van der Waals surface area contributed by atoms with Crippen molar-refractivity contribution >= 4 is 17.5 Å². The summed E-state index contributed by atoms with van der Waals surface area (Å²) in [4.78, 5) is 33.2. The Morgan fingerprint density at radius 1 is 1.13 bits per heavy atom. The van der Waals surface area contributed by atoms with Gasteiger partial charge in [-0.25, -0.2) is 4.98 Å². The van der Waals surface area contributed by atoms with E-state index in [1.54, 1.807) is 18.2 Å². The molecule has 30 heavy (non-hydrogen) atoms. The fourth-order valence-corrected chi connectivity index (χ4v) is 4.86. The number of anilines is 1. The Bertz CT molecular complexity index is 1060. The molecule has 3 atom stereocenters. The zero-order valence-electron chi connectivity index (χ0n) is 17.1. The van der Waals surface area contributed by atoms with Crippen molar-refractivity contribution < 1.29 is 19.1 Å². The maximum absolute atomic E-state index is 13.6. The molecule has 6 nitrogen and oxygen atoms in total. The van der Waals surface area contributed by atoms with Gasteiger partial charge < -0.3 is 9.47 Å². The van der Waals surface area contributed by atoms with Crippen molar-refractivity contribution in [1.82, 2.24) is 4.98 Å². The number of rotatable bonds is 3. The molecular weight excluding hydrogens is 380 g/mol. The van der Waals surface area contributed by atoms with E-state index in [1.165, 1.54) is 0 Å². The Hall–Kier alpha value is -3.15. The minimum atomic E-state index is -0.577. The van der Waals surface area contributed by atoms with E-state index in [9.17, 15) is 9.59 Å². The van der Waals surface area contributed by atoms with E-state index < -0.39 is 6.04 Å². The first-order valence-corrected chi connectivity index (χ1v) is 10.4. The number of hydrogen-bond acceptors (Lipinski definition) is 5. The lowest BCUT2D eigenvalue weighted by Gasteiger charge is -2.35. The topological polar surface area (TPSA) is 68.7 Å². The third-order valence-electron chi connectivity index (χ3n) is 6.32. The van der Waals surface area contributed by atoms with E-state index in [2.05, 4.69) is 4.98 Å². The summed E-state index contributed by atoms with van der Waals surface area (Å²) in [5.41, 5.74) is 2.25. The number of aromatic nitrogens is 1. The second kappa shape index (κ2) is 7.27. The fraction of sp³-hybridized carbons (Fsp3) is 0.375. The minimum absolute atomic E-state index is 0.0391. The van der Waals surface area contributed by atoms with E-state index in [0.717, 1.165) is 36.8 Å². The number of pyridine rings is 1. The third kappa shape index (κ3) is 2.90. The predicted octanol–water partition coefficient (Wildman–Crippen LogP) is 3.90.